The number of carbonyl (C=O) groups excluding carboxylic acids is 1. The molecule has 3 N–H and O–H groups in total. The lowest BCUT2D eigenvalue weighted by Gasteiger charge is -2.46. The van der Waals surface area contributed by atoms with Crippen molar-refractivity contribution in [2.24, 2.45) is 22.1 Å². The first kappa shape index (κ1) is 20.4. The fourth-order valence-electron chi connectivity index (χ4n) is 4.30. The SMILES string of the molecule is CN1C(=O)C(C)(C)C(C)(c2cc(NC(c3ccccc3)C3CC3)ccc2F)N=C1N. The average molecular weight is 409 g/mol. The maximum atomic E-state index is 15.1. The molecule has 2 unspecified atom stereocenters. The largest absolute Gasteiger partial charge is 0.378 e. The van der Waals surface area contributed by atoms with Crippen molar-refractivity contribution in [3.8, 4) is 0 Å². The Kier molecular flexibility index (Phi) is 4.83. The summed E-state index contributed by atoms with van der Waals surface area (Å²) in [6, 6.07) is 15.5. The molecule has 1 fully saturated rings. The van der Waals surface area contributed by atoms with Crippen molar-refractivity contribution >= 4 is 17.6 Å². The predicted octanol–water partition coefficient (Wildman–Crippen LogP) is 4.42. The van der Waals surface area contributed by atoms with Gasteiger partial charge in [0.05, 0.1) is 11.5 Å². The number of nitrogens with two attached hydrogens (primary N) is 1. The smallest absolute Gasteiger partial charge is 0.237 e. The minimum atomic E-state index is -1.12. The number of benzene rings is 2. The lowest BCUT2D eigenvalue weighted by atomic mass is 9.67. The summed E-state index contributed by atoms with van der Waals surface area (Å²) in [7, 11) is 1.59. The van der Waals surface area contributed by atoms with Crippen LogP contribution in [0.4, 0.5) is 10.1 Å². The Morgan fingerprint density at radius 1 is 1.17 bits per heavy atom. The van der Waals surface area contributed by atoms with E-state index in [0.717, 1.165) is 5.69 Å². The number of hydrogen-bond acceptors (Lipinski definition) is 4. The zero-order valence-corrected chi connectivity index (χ0v) is 17.9. The first-order valence-electron chi connectivity index (χ1n) is 10.4. The summed E-state index contributed by atoms with van der Waals surface area (Å²) in [4.78, 5) is 18.9. The Labute approximate surface area is 177 Å². The predicted molar refractivity (Wildman–Crippen MR) is 117 cm³/mol. The normalized spacial score (nSPS) is 24.4. The Morgan fingerprint density at radius 2 is 1.83 bits per heavy atom. The van der Waals surface area contributed by atoms with E-state index in [1.165, 1.54) is 29.4 Å². The van der Waals surface area contributed by atoms with Gasteiger partial charge in [-0.25, -0.2) is 9.38 Å². The molecule has 2 aromatic rings. The Balaban J connectivity index is 1.74. The number of nitrogens with one attached hydrogen (secondary N) is 1. The third kappa shape index (κ3) is 3.24. The van der Waals surface area contributed by atoms with Crippen molar-refractivity contribution in [3.05, 3.63) is 65.5 Å². The summed E-state index contributed by atoms with van der Waals surface area (Å²) in [6.07, 6.45) is 2.35. The molecular formula is C24H29FN4O. The van der Waals surface area contributed by atoms with Crippen LogP contribution >= 0.6 is 0 Å². The van der Waals surface area contributed by atoms with Gasteiger partial charge in [-0.15, -0.1) is 0 Å². The van der Waals surface area contributed by atoms with Gasteiger partial charge in [0.15, 0.2) is 5.96 Å². The lowest BCUT2D eigenvalue weighted by Crippen LogP contribution is -2.58. The van der Waals surface area contributed by atoms with E-state index in [2.05, 4.69) is 22.4 Å². The van der Waals surface area contributed by atoms with Crippen LogP contribution in [0, 0.1) is 17.2 Å². The van der Waals surface area contributed by atoms with Gasteiger partial charge in [0.1, 0.15) is 11.4 Å². The summed E-state index contributed by atoms with van der Waals surface area (Å²) >= 11 is 0. The van der Waals surface area contributed by atoms with Crippen molar-refractivity contribution in [1.29, 1.82) is 0 Å². The van der Waals surface area contributed by atoms with Crippen molar-refractivity contribution in [3.63, 3.8) is 0 Å². The maximum Gasteiger partial charge on any atom is 0.237 e. The number of halogens is 1. The maximum absolute atomic E-state index is 15.1. The van der Waals surface area contributed by atoms with E-state index < -0.39 is 16.8 Å². The minimum absolute atomic E-state index is 0.0970. The van der Waals surface area contributed by atoms with Gasteiger partial charge < -0.3 is 11.1 Å². The average Bonchev–Trinajstić information content (AvgIpc) is 3.56. The molecule has 0 saturated heterocycles. The van der Waals surface area contributed by atoms with Gasteiger partial charge in [-0.05, 0) is 63.3 Å². The number of nitrogens with zero attached hydrogens (tertiary/aromatic N) is 2. The molecule has 1 heterocycles. The Morgan fingerprint density at radius 3 is 2.47 bits per heavy atom. The zero-order valence-electron chi connectivity index (χ0n) is 17.9. The van der Waals surface area contributed by atoms with E-state index in [1.807, 2.05) is 18.2 Å². The highest BCUT2D eigenvalue weighted by Crippen LogP contribution is 2.48. The van der Waals surface area contributed by atoms with Crippen molar-refractivity contribution < 1.29 is 9.18 Å². The molecule has 0 bridgehead atoms. The highest BCUT2D eigenvalue weighted by Gasteiger charge is 2.53. The Bertz CT molecular complexity index is 1000. The third-order valence-corrected chi connectivity index (χ3v) is 6.80. The van der Waals surface area contributed by atoms with Crippen LogP contribution in [-0.2, 0) is 10.3 Å². The number of rotatable bonds is 5. The molecule has 4 rings (SSSR count). The molecule has 1 amide bonds. The van der Waals surface area contributed by atoms with Crippen LogP contribution in [0.5, 0.6) is 0 Å². The van der Waals surface area contributed by atoms with Gasteiger partial charge in [-0.2, -0.15) is 0 Å². The summed E-state index contributed by atoms with van der Waals surface area (Å²) < 4.78 is 15.1. The van der Waals surface area contributed by atoms with Crippen LogP contribution in [0.3, 0.4) is 0 Å². The second-order valence-corrected chi connectivity index (χ2v) is 9.10. The summed E-state index contributed by atoms with van der Waals surface area (Å²) in [5.74, 6) is 0.0781. The first-order chi connectivity index (χ1) is 14.1. The molecule has 1 saturated carbocycles. The van der Waals surface area contributed by atoms with Gasteiger partial charge in [0.2, 0.25) is 5.91 Å². The molecule has 5 nitrogen and oxygen atoms in total. The van der Waals surface area contributed by atoms with Crippen LogP contribution in [0.15, 0.2) is 53.5 Å². The number of guanidine groups is 1. The highest BCUT2D eigenvalue weighted by molar-refractivity contribution is 6.01. The molecule has 30 heavy (non-hydrogen) atoms. The lowest BCUT2D eigenvalue weighted by molar-refractivity contribution is -0.140. The second-order valence-electron chi connectivity index (χ2n) is 9.10. The van der Waals surface area contributed by atoms with E-state index >= 15 is 4.39 Å². The van der Waals surface area contributed by atoms with E-state index in [-0.39, 0.29) is 17.9 Å². The van der Waals surface area contributed by atoms with Gasteiger partial charge in [0, 0.05) is 18.3 Å². The molecule has 2 aliphatic rings. The molecule has 158 valence electrons. The summed E-state index contributed by atoms with van der Waals surface area (Å²) in [6.45, 7) is 5.36. The van der Waals surface area contributed by atoms with E-state index in [0.29, 0.717) is 11.5 Å². The van der Waals surface area contributed by atoms with Gasteiger partial charge in [-0.3, -0.25) is 9.69 Å². The van der Waals surface area contributed by atoms with Crippen molar-refractivity contribution in [2.45, 2.75) is 45.2 Å². The van der Waals surface area contributed by atoms with Gasteiger partial charge in [0.25, 0.3) is 0 Å². The molecule has 2 aromatic carbocycles. The standard InChI is InChI=1S/C24H29FN4O/c1-23(2)21(30)29(4)22(26)28-24(23,3)18-14-17(12-13-19(18)25)27-20(16-10-11-16)15-8-6-5-7-9-15/h5-9,12-14,16,20,27H,10-11H2,1-4H3,(H2,26,28). The minimum Gasteiger partial charge on any atom is -0.378 e. The number of hydrogen-bond donors (Lipinski definition) is 2. The fourth-order valence-corrected chi connectivity index (χ4v) is 4.30. The van der Waals surface area contributed by atoms with Crippen LogP contribution in [0.2, 0.25) is 0 Å². The molecule has 0 radical (unpaired) electrons. The molecule has 1 aliphatic heterocycles. The molecule has 0 spiro atoms. The molecule has 6 heteroatoms. The van der Waals surface area contributed by atoms with Crippen molar-refractivity contribution in [1.82, 2.24) is 4.90 Å². The van der Waals surface area contributed by atoms with Gasteiger partial charge >= 0.3 is 0 Å². The van der Waals surface area contributed by atoms with Crippen LogP contribution in [-0.4, -0.2) is 23.8 Å². The topological polar surface area (TPSA) is 70.7 Å². The van der Waals surface area contributed by atoms with E-state index in [9.17, 15) is 4.79 Å². The number of anilines is 1. The van der Waals surface area contributed by atoms with E-state index in [1.54, 1.807) is 40.0 Å². The number of amides is 1. The molecule has 2 atom stereocenters. The van der Waals surface area contributed by atoms with Crippen molar-refractivity contribution in [2.75, 3.05) is 12.4 Å². The van der Waals surface area contributed by atoms with Crippen LogP contribution in [0.1, 0.15) is 50.8 Å². The quantitative estimate of drug-likeness (QED) is 0.769. The monoisotopic (exact) mass is 408 g/mol. The van der Waals surface area contributed by atoms with E-state index in [4.69, 9.17) is 5.73 Å². The van der Waals surface area contributed by atoms with Gasteiger partial charge in [-0.1, -0.05) is 30.3 Å². The summed E-state index contributed by atoms with van der Waals surface area (Å²) in [5, 5.41) is 3.60. The Hall–Kier alpha value is -2.89. The number of aliphatic imine (C=N–C) groups is 1. The molecule has 1 aliphatic carbocycles. The van der Waals surface area contributed by atoms with Crippen LogP contribution in [0.25, 0.3) is 0 Å². The highest BCUT2D eigenvalue weighted by atomic mass is 19.1. The molecular weight excluding hydrogens is 379 g/mol. The fraction of sp³-hybridized carbons (Fsp3) is 0.417. The second kappa shape index (κ2) is 7.11. The number of carbonyl (C=O) groups is 1. The molecule has 0 aromatic heterocycles. The third-order valence-electron chi connectivity index (χ3n) is 6.80. The first-order valence-corrected chi connectivity index (χ1v) is 10.4. The zero-order chi connectivity index (χ0) is 21.7. The van der Waals surface area contributed by atoms with Crippen LogP contribution < -0.4 is 11.1 Å². The summed E-state index contributed by atoms with van der Waals surface area (Å²) in [5.41, 5.74) is 6.32.